The molecule has 0 spiro atoms. The van der Waals surface area contributed by atoms with Crippen molar-refractivity contribution < 1.29 is 26.7 Å². The summed E-state index contributed by atoms with van der Waals surface area (Å²) >= 11 is 0. The van der Waals surface area contributed by atoms with Gasteiger partial charge in [-0.3, -0.25) is 29.7 Å². The maximum atomic E-state index is 12.6. The van der Waals surface area contributed by atoms with Crippen LogP contribution in [-0.4, -0.2) is 26.7 Å². The minimum atomic E-state index is -4.38. The first kappa shape index (κ1) is 22.6. The largest absolute Gasteiger partial charge is 0.289 e. The molecule has 32 heavy (non-hydrogen) atoms. The van der Waals surface area contributed by atoms with Crippen LogP contribution < -0.4 is 9.44 Å². The van der Waals surface area contributed by atoms with Gasteiger partial charge in [0.25, 0.3) is 31.4 Å². The summed E-state index contributed by atoms with van der Waals surface area (Å²) in [5.74, 6) is 0. The number of nitro groups is 2. The number of para-hydroxylation sites is 2. The zero-order chi connectivity index (χ0) is 23.5. The number of anilines is 2. The van der Waals surface area contributed by atoms with Gasteiger partial charge in [-0.2, -0.15) is 0 Å². The summed E-state index contributed by atoms with van der Waals surface area (Å²) in [5.41, 5.74) is -1.45. The molecule has 12 nitrogen and oxygen atoms in total. The predicted molar refractivity (Wildman–Crippen MR) is 114 cm³/mol. The van der Waals surface area contributed by atoms with Crippen molar-refractivity contribution in [3.63, 3.8) is 0 Å². The standard InChI is InChI=1S/C18H14N4O8S2/c23-21(24)15-8-1-3-10-17(15)31(27,28)19-13-6-5-7-14(12-13)20-32(29,30)18-11-4-2-9-16(18)22(25)26/h1-12,19-20H. The summed E-state index contributed by atoms with van der Waals surface area (Å²) in [6.45, 7) is 0. The molecule has 0 radical (unpaired) electrons. The first-order chi connectivity index (χ1) is 15.0. The topological polar surface area (TPSA) is 179 Å². The molecule has 3 rings (SSSR count). The van der Waals surface area contributed by atoms with Crippen molar-refractivity contribution >= 4 is 42.8 Å². The normalized spacial score (nSPS) is 11.5. The Morgan fingerprint density at radius 1 is 0.594 bits per heavy atom. The van der Waals surface area contributed by atoms with Crippen molar-refractivity contribution in [3.8, 4) is 0 Å². The molecule has 0 aromatic heterocycles. The molecular formula is C18H14N4O8S2. The Morgan fingerprint density at radius 2 is 0.969 bits per heavy atom. The summed E-state index contributed by atoms with van der Waals surface area (Å²) < 4.78 is 54.8. The number of benzene rings is 3. The lowest BCUT2D eigenvalue weighted by Gasteiger charge is -2.12. The van der Waals surface area contributed by atoms with E-state index in [9.17, 15) is 37.1 Å². The molecule has 0 fully saturated rings. The van der Waals surface area contributed by atoms with E-state index in [0.717, 1.165) is 30.3 Å². The van der Waals surface area contributed by atoms with E-state index in [2.05, 4.69) is 9.44 Å². The highest BCUT2D eigenvalue weighted by Crippen LogP contribution is 2.28. The Kier molecular flexibility index (Phi) is 6.09. The highest BCUT2D eigenvalue weighted by molar-refractivity contribution is 7.93. The van der Waals surface area contributed by atoms with Gasteiger partial charge in [-0.15, -0.1) is 0 Å². The summed E-state index contributed by atoms with van der Waals surface area (Å²) in [5, 5.41) is 22.3. The highest BCUT2D eigenvalue weighted by atomic mass is 32.2. The van der Waals surface area contributed by atoms with Crippen molar-refractivity contribution in [2.45, 2.75) is 9.79 Å². The molecule has 0 aliphatic heterocycles. The molecule has 3 aromatic rings. The van der Waals surface area contributed by atoms with Gasteiger partial charge in [-0.25, -0.2) is 16.8 Å². The van der Waals surface area contributed by atoms with E-state index >= 15 is 0 Å². The molecule has 0 unspecified atom stereocenters. The summed E-state index contributed by atoms with van der Waals surface area (Å²) in [4.78, 5) is 19.4. The van der Waals surface area contributed by atoms with Gasteiger partial charge in [0.15, 0.2) is 9.79 Å². The Balaban J connectivity index is 1.92. The monoisotopic (exact) mass is 478 g/mol. The minimum Gasteiger partial charge on any atom is -0.279 e. The van der Waals surface area contributed by atoms with E-state index in [0.29, 0.717) is 0 Å². The van der Waals surface area contributed by atoms with E-state index in [-0.39, 0.29) is 11.4 Å². The molecule has 0 atom stereocenters. The Labute approximate surface area is 181 Å². The van der Waals surface area contributed by atoms with E-state index in [4.69, 9.17) is 0 Å². The lowest BCUT2D eigenvalue weighted by atomic mass is 10.3. The third kappa shape index (κ3) is 4.81. The third-order valence-corrected chi connectivity index (χ3v) is 6.93. The van der Waals surface area contributed by atoms with Gasteiger partial charge in [-0.05, 0) is 30.3 Å². The fraction of sp³-hybridized carbons (Fsp3) is 0. The zero-order valence-corrected chi connectivity index (χ0v) is 17.5. The second-order valence-electron chi connectivity index (χ2n) is 6.24. The van der Waals surface area contributed by atoms with Gasteiger partial charge < -0.3 is 0 Å². The number of rotatable bonds is 8. The van der Waals surface area contributed by atoms with Crippen LogP contribution in [0.25, 0.3) is 0 Å². The average molecular weight is 478 g/mol. The van der Waals surface area contributed by atoms with Crippen LogP contribution in [0.5, 0.6) is 0 Å². The summed E-state index contributed by atoms with van der Waals surface area (Å²) in [7, 11) is -8.76. The first-order valence-electron chi connectivity index (χ1n) is 8.64. The van der Waals surface area contributed by atoms with Crippen molar-refractivity contribution in [3.05, 3.63) is 93.0 Å². The SMILES string of the molecule is O=[N+]([O-])c1ccccc1S(=O)(=O)Nc1cccc(NS(=O)(=O)c2ccccc2[N+](=O)[O-])c1. The van der Waals surface area contributed by atoms with Crippen LogP contribution in [0.2, 0.25) is 0 Å². The number of nitrogens with zero attached hydrogens (tertiary/aromatic N) is 2. The lowest BCUT2D eigenvalue weighted by molar-refractivity contribution is -0.388. The highest BCUT2D eigenvalue weighted by Gasteiger charge is 2.27. The second-order valence-corrected chi connectivity index (χ2v) is 9.54. The Bertz CT molecular complexity index is 1320. The van der Waals surface area contributed by atoms with Gasteiger partial charge in [0, 0.05) is 12.1 Å². The van der Waals surface area contributed by atoms with Gasteiger partial charge in [0.2, 0.25) is 0 Å². The first-order valence-corrected chi connectivity index (χ1v) is 11.6. The number of sulfonamides is 2. The molecule has 0 saturated carbocycles. The molecule has 166 valence electrons. The lowest BCUT2D eigenvalue weighted by Crippen LogP contribution is -2.16. The zero-order valence-electron chi connectivity index (χ0n) is 15.9. The Morgan fingerprint density at radius 3 is 1.34 bits per heavy atom. The molecular weight excluding hydrogens is 464 g/mol. The Hall–Kier alpha value is -4.04. The number of hydrogen-bond acceptors (Lipinski definition) is 8. The molecule has 0 bridgehead atoms. The van der Waals surface area contributed by atoms with Crippen molar-refractivity contribution in [1.82, 2.24) is 0 Å². The van der Waals surface area contributed by atoms with E-state index in [1.165, 1.54) is 42.5 Å². The predicted octanol–water partition coefficient (Wildman–Crippen LogP) is 3.10. The molecule has 14 heteroatoms. The van der Waals surface area contributed by atoms with E-state index < -0.39 is 51.1 Å². The molecule has 0 amide bonds. The maximum absolute atomic E-state index is 12.6. The average Bonchev–Trinajstić information content (AvgIpc) is 2.73. The van der Waals surface area contributed by atoms with Crippen LogP contribution in [0.4, 0.5) is 22.7 Å². The number of hydrogen-bond donors (Lipinski definition) is 2. The number of nitro benzene ring substituents is 2. The molecule has 0 aliphatic carbocycles. The van der Waals surface area contributed by atoms with E-state index in [1.54, 1.807) is 0 Å². The third-order valence-electron chi connectivity index (χ3n) is 4.07. The maximum Gasteiger partial charge on any atom is 0.289 e. The molecule has 0 aliphatic rings. The van der Waals surface area contributed by atoms with Crippen molar-refractivity contribution in [1.29, 1.82) is 0 Å². The van der Waals surface area contributed by atoms with Gasteiger partial charge >= 0.3 is 0 Å². The van der Waals surface area contributed by atoms with Crippen LogP contribution >= 0.6 is 0 Å². The molecule has 3 aromatic carbocycles. The van der Waals surface area contributed by atoms with E-state index in [1.807, 2.05) is 0 Å². The van der Waals surface area contributed by atoms with Crippen LogP contribution in [0.1, 0.15) is 0 Å². The smallest absolute Gasteiger partial charge is 0.279 e. The quantitative estimate of drug-likeness (QED) is 0.366. The minimum absolute atomic E-state index is 0.0917. The van der Waals surface area contributed by atoms with Gasteiger partial charge in [-0.1, -0.05) is 30.3 Å². The fourth-order valence-corrected chi connectivity index (χ4v) is 5.18. The van der Waals surface area contributed by atoms with Crippen molar-refractivity contribution in [2.24, 2.45) is 0 Å². The van der Waals surface area contributed by atoms with Crippen LogP contribution in [0, 0.1) is 20.2 Å². The fourth-order valence-electron chi connectivity index (χ4n) is 2.74. The van der Waals surface area contributed by atoms with Gasteiger partial charge in [0.1, 0.15) is 0 Å². The summed E-state index contributed by atoms with van der Waals surface area (Å²) in [6, 6.07) is 14.5. The second kappa shape index (κ2) is 8.60. The molecule has 0 heterocycles. The summed E-state index contributed by atoms with van der Waals surface area (Å²) in [6.07, 6.45) is 0. The van der Waals surface area contributed by atoms with Crippen LogP contribution in [0.15, 0.2) is 82.6 Å². The van der Waals surface area contributed by atoms with Crippen molar-refractivity contribution in [2.75, 3.05) is 9.44 Å². The van der Waals surface area contributed by atoms with Crippen LogP contribution in [0.3, 0.4) is 0 Å². The molecule has 2 N–H and O–H groups in total. The van der Waals surface area contributed by atoms with Crippen LogP contribution in [-0.2, 0) is 20.0 Å². The number of nitrogens with one attached hydrogen (secondary N) is 2. The molecule has 0 saturated heterocycles. The van der Waals surface area contributed by atoms with Gasteiger partial charge in [0.05, 0.1) is 21.2 Å².